The zero-order valence-corrected chi connectivity index (χ0v) is 25.5. The number of methoxy groups -OCH3 is 1. The second kappa shape index (κ2) is 12.3. The first-order valence-electron chi connectivity index (χ1n) is 14.5. The van der Waals surface area contributed by atoms with E-state index in [-0.39, 0.29) is 30.1 Å². The van der Waals surface area contributed by atoms with Crippen molar-refractivity contribution in [3.63, 3.8) is 0 Å². The Bertz CT molecular complexity index is 1400. The highest BCUT2D eigenvalue weighted by molar-refractivity contribution is 6.30. The monoisotopic (exact) mass is 600 g/mol. The van der Waals surface area contributed by atoms with Gasteiger partial charge < -0.3 is 30.4 Å². The molecular weight excluding hydrogens is 560 g/mol. The molecule has 3 aliphatic rings. The van der Waals surface area contributed by atoms with Crippen molar-refractivity contribution in [2.75, 3.05) is 64.4 Å². The van der Waals surface area contributed by atoms with Crippen LogP contribution in [0.5, 0.6) is 5.75 Å². The maximum atomic E-state index is 14.0. The van der Waals surface area contributed by atoms with E-state index in [4.69, 9.17) is 26.8 Å². The van der Waals surface area contributed by atoms with Crippen LogP contribution in [0.1, 0.15) is 37.6 Å². The zero-order valence-electron chi connectivity index (χ0n) is 24.7. The van der Waals surface area contributed by atoms with Crippen LogP contribution >= 0.6 is 11.6 Å². The van der Waals surface area contributed by atoms with Gasteiger partial charge in [-0.25, -0.2) is 0 Å². The van der Waals surface area contributed by atoms with Gasteiger partial charge in [-0.2, -0.15) is 0 Å². The number of primary amides is 1. The van der Waals surface area contributed by atoms with Gasteiger partial charge in [0.05, 0.1) is 25.9 Å². The first-order valence-corrected chi connectivity index (χ1v) is 14.8. The molecule has 2 saturated heterocycles. The molecule has 2 fully saturated rings. The van der Waals surface area contributed by atoms with E-state index in [0.717, 1.165) is 30.0 Å². The SMILES string of the molecule is COc1cc(Cl)ccc1Cc1cc2c([nH]c1=O)C(C)(C)CN2C(=O)CN1C[C@@H](C)NC[C@@H]1CN1CCOC(C(N)=O)C1. The first-order chi connectivity index (χ1) is 19.9. The molecule has 0 spiro atoms. The number of nitrogens with one attached hydrogen (secondary N) is 2. The molecule has 4 N–H and O–H groups in total. The van der Waals surface area contributed by atoms with Crippen LogP contribution in [0, 0.1) is 0 Å². The number of fused-ring (bicyclic) bond motifs is 1. The Morgan fingerprint density at radius 3 is 2.74 bits per heavy atom. The summed E-state index contributed by atoms with van der Waals surface area (Å²) in [4.78, 5) is 48.2. The number of benzene rings is 1. The smallest absolute Gasteiger partial charge is 0.251 e. The van der Waals surface area contributed by atoms with Gasteiger partial charge in [-0.1, -0.05) is 31.5 Å². The van der Waals surface area contributed by atoms with Crippen LogP contribution in [0.25, 0.3) is 0 Å². The van der Waals surface area contributed by atoms with E-state index < -0.39 is 17.4 Å². The van der Waals surface area contributed by atoms with Crippen molar-refractivity contribution in [1.29, 1.82) is 0 Å². The molecule has 11 nitrogen and oxygen atoms in total. The highest BCUT2D eigenvalue weighted by Gasteiger charge is 2.41. The number of ether oxygens (including phenoxy) is 2. The molecule has 3 aliphatic heterocycles. The predicted molar refractivity (Wildman–Crippen MR) is 161 cm³/mol. The number of anilines is 1. The molecule has 2 amide bonds. The van der Waals surface area contributed by atoms with Crippen molar-refractivity contribution in [2.45, 2.75) is 50.8 Å². The molecule has 4 heterocycles. The number of aromatic amines is 1. The van der Waals surface area contributed by atoms with Gasteiger partial charge in [0, 0.05) is 79.5 Å². The molecule has 1 unspecified atom stereocenters. The number of carbonyl (C=O) groups is 2. The number of halogens is 1. The normalized spacial score (nSPS) is 24.4. The third kappa shape index (κ3) is 6.50. The van der Waals surface area contributed by atoms with E-state index >= 15 is 0 Å². The number of H-pyrrole nitrogens is 1. The number of nitrogens with zero attached hydrogens (tertiary/aromatic N) is 3. The van der Waals surface area contributed by atoms with Crippen LogP contribution in [0.4, 0.5) is 5.69 Å². The molecule has 3 atom stereocenters. The van der Waals surface area contributed by atoms with Crippen molar-refractivity contribution in [3.05, 3.63) is 56.5 Å². The maximum absolute atomic E-state index is 14.0. The van der Waals surface area contributed by atoms with Gasteiger partial charge in [-0.3, -0.25) is 24.2 Å². The summed E-state index contributed by atoms with van der Waals surface area (Å²) in [6.07, 6.45) is -0.272. The molecule has 12 heteroatoms. The second-order valence-corrected chi connectivity index (χ2v) is 12.7. The molecule has 1 aromatic heterocycles. The number of aromatic nitrogens is 1. The minimum atomic E-state index is -0.614. The molecule has 42 heavy (non-hydrogen) atoms. The Labute approximate surface area is 251 Å². The minimum Gasteiger partial charge on any atom is -0.496 e. The summed E-state index contributed by atoms with van der Waals surface area (Å²) in [5, 5.41) is 4.09. The summed E-state index contributed by atoms with van der Waals surface area (Å²) < 4.78 is 11.0. The largest absolute Gasteiger partial charge is 0.496 e. The van der Waals surface area contributed by atoms with Crippen molar-refractivity contribution in [1.82, 2.24) is 20.1 Å². The molecule has 1 aromatic carbocycles. The summed E-state index contributed by atoms with van der Waals surface area (Å²) in [6.45, 7) is 10.7. The third-order valence-electron chi connectivity index (χ3n) is 8.55. The number of hydrogen-bond donors (Lipinski definition) is 3. The Hall–Kier alpha value is -2.96. The van der Waals surface area contributed by atoms with Gasteiger partial charge in [0.2, 0.25) is 11.8 Å². The summed E-state index contributed by atoms with van der Waals surface area (Å²) in [5.41, 5.74) is 7.80. The van der Waals surface area contributed by atoms with Crippen molar-refractivity contribution >= 4 is 29.1 Å². The summed E-state index contributed by atoms with van der Waals surface area (Å²) in [7, 11) is 1.57. The Morgan fingerprint density at radius 2 is 2.00 bits per heavy atom. The fraction of sp³-hybridized carbons (Fsp3) is 0.567. The molecule has 5 rings (SSSR count). The molecule has 0 aliphatic carbocycles. The van der Waals surface area contributed by atoms with Crippen LogP contribution in [0.3, 0.4) is 0 Å². The fourth-order valence-corrected chi connectivity index (χ4v) is 6.44. The van der Waals surface area contributed by atoms with Gasteiger partial charge in [-0.05, 0) is 30.7 Å². The number of pyridine rings is 1. The number of carbonyl (C=O) groups excluding carboxylic acids is 2. The Balaban J connectivity index is 1.36. The summed E-state index contributed by atoms with van der Waals surface area (Å²) in [5.74, 6) is 0.140. The van der Waals surface area contributed by atoms with Crippen molar-refractivity contribution in [3.8, 4) is 5.75 Å². The van der Waals surface area contributed by atoms with E-state index in [1.807, 2.05) is 30.9 Å². The fourth-order valence-electron chi connectivity index (χ4n) is 6.28. The summed E-state index contributed by atoms with van der Waals surface area (Å²) in [6, 6.07) is 7.52. The number of rotatable bonds is 8. The number of hydrogen-bond acceptors (Lipinski definition) is 8. The van der Waals surface area contributed by atoms with Crippen LogP contribution in [0.15, 0.2) is 29.1 Å². The van der Waals surface area contributed by atoms with Gasteiger partial charge in [0.25, 0.3) is 5.56 Å². The molecule has 0 bridgehead atoms. The molecule has 2 aromatic rings. The van der Waals surface area contributed by atoms with E-state index in [0.29, 0.717) is 55.5 Å². The minimum absolute atomic E-state index is 0.0139. The van der Waals surface area contributed by atoms with Gasteiger partial charge >= 0.3 is 0 Å². The van der Waals surface area contributed by atoms with E-state index in [1.54, 1.807) is 19.2 Å². The Kier molecular flexibility index (Phi) is 8.96. The van der Waals surface area contributed by atoms with E-state index in [9.17, 15) is 14.4 Å². The second-order valence-electron chi connectivity index (χ2n) is 12.3. The molecular formula is C30H41ClN6O5. The zero-order chi connectivity index (χ0) is 30.2. The van der Waals surface area contributed by atoms with Crippen LogP contribution in [0.2, 0.25) is 5.02 Å². The highest BCUT2D eigenvalue weighted by Crippen LogP contribution is 2.39. The van der Waals surface area contributed by atoms with E-state index in [2.05, 4.69) is 27.0 Å². The average molecular weight is 601 g/mol. The maximum Gasteiger partial charge on any atom is 0.251 e. The number of piperazine rings is 1. The van der Waals surface area contributed by atoms with Gasteiger partial charge in [0.1, 0.15) is 11.9 Å². The standard InChI is InChI=1S/C30H41ClN6O5/c1-18-13-36(22(12-33-18)14-35-7-8-42-25(15-35)28(32)39)16-26(38)37-17-30(2,3)27-23(37)10-20(29(40)34-27)9-19-5-6-21(31)11-24(19)41-4/h5-6,10-11,18,22,25,33H,7-9,12-17H2,1-4H3,(H2,32,39)(H,34,40)/t18-,22-,25?/m1/s1. The van der Waals surface area contributed by atoms with E-state index in [1.165, 1.54) is 0 Å². The molecule has 0 saturated carbocycles. The highest BCUT2D eigenvalue weighted by atomic mass is 35.5. The van der Waals surface area contributed by atoms with Crippen LogP contribution < -0.4 is 26.2 Å². The lowest BCUT2D eigenvalue weighted by Gasteiger charge is -2.43. The first kappa shape index (κ1) is 30.5. The number of morpholine rings is 1. The van der Waals surface area contributed by atoms with Gasteiger partial charge in [0.15, 0.2) is 0 Å². The van der Waals surface area contributed by atoms with Crippen LogP contribution in [-0.2, 0) is 26.2 Å². The number of amides is 2. The Morgan fingerprint density at radius 1 is 1.21 bits per heavy atom. The lowest BCUT2D eigenvalue weighted by Crippen LogP contribution is -2.62. The number of nitrogens with two attached hydrogens (primary N) is 1. The van der Waals surface area contributed by atoms with Gasteiger partial charge in [-0.15, -0.1) is 0 Å². The predicted octanol–water partition coefficient (Wildman–Crippen LogP) is 1.10. The molecule has 228 valence electrons. The quantitative estimate of drug-likeness (QED) is 0.410. The van der Waals surface area contributed by atoms with Crippen LogP contribution in [-0.4, -0.2) is 104 Å². The lowest BCUT2D eigenvalue weighted by molar-refractivity contribution is -0.135. The average Bonchev–Trinajstić information content (AvgIpc) is 3.21. The van der Waals surface area contributed by atoms with Crippen molar-refractivity contribution < 1.29 is 19.1 Å². The lowest BCUT2D eigenvalue weighted by atomic mass is 9.91. The van der Waals surface area contributed by atoms with Crippen molar-refractivity contribution in [2.24, 2.45) is 5.73 Å². The summed E-state index contributed by atoms with van der Waals surface area (Å²) >= 11 is 6.14. The third-order valence-corrected chi connectivity index (χ3v) is 8.79. The topological polar surface area (TPSA) is 133 Å². The molecule has 0 radical (unpaired) electrons.